The van der Waals surface area contributed by atoms with Crippen molar-refractivity contribution in [2.24, 2.45) is 0 Å². The predicted octanol–water partition coefficient (Wildman–Crippen LogP) is 2.03. The molecule has 36 heavy (non-hydrogen) atoms. The SMILES string of the molecule is CCc1c2c(nc3ccc(O)cc13)-c1cc3c(c(=O)n1C2)COC(=O)C3(CC)OC(=O)C(C)NC=O. The third-order valence-corrected chi connectivity index (χ3v) is 7.06. The number of fused-ring (bicyclic) bond motifs is 5. The summed E-state index contributed by atoms with van der Waals surface area (Å²) in [5, 5.41) is 13.1. The largest absolute Gasteiger partial charge is 0.508 e. The monoisotopic (exact) mass is 491 g/mol. The molecule has 0 spiro atoms. The molecule has 0 saturated heterocycles. The van der Waals surface area contributed by atoms with Gasteiger partial charge in [-0.2, -0.15) is 0 Å². The summed E-state index contributed by atoms with van der Waals surface area (Å²) in [6.07, 6.45) is 1.06. The molecule has 0 radical (unpaired) electrons. The van der Waals surface area contributed by atoms with Crippen LogP contribution in [0.1, 0.15) is 49.4 Å². The molecule has 1 amide bonds. The third kappa shape index (κ3) is 3.28. The zero-order valence-electron chi connectivity index (χ0n) is 20.1. The van der Waals surface area contributed by atoms with Gasteiger partial charge in [-0.15, -0.1) is 0 Å². The van der Waals surface area contributed by atoms with E-state index in [9.17, 15) is 24.3 Å². The maximum absolute atomic E-state index is 13.7. The van der Waals surface area contributed by atoms with E-state index in [1.54, 1.807) is 35.8 Å². The molecule has 4 heterocycles. The number of carbonyl (C=O) groups is 3. The summed E-state index contributed by atoms with van der Waals surface area (Å²) in [5.41, 5.74) is 1.94. The Morgan fingerprint density at radius 2 is 2.08 bits per heavy atom. The summed E-state index contributed by atoms with van der Waals surface area (Å²) in [5.74, 6) is -1.47. The molecular formula is C26H25N3O7. The molecule has 2 aromatic heterocycles. The van der Waals surface area contributed by atoms with E-state index in [1.165, 1.54) is 6.92 Å². The minimum Gasteiger partial charge on any atom is -0.508 e. The Kier molecular flexibility index (Phi) is 5.54. The number of esters is 2. The van der Waals surface area contributed by atoms with Crippen LogP contribution >= 0.6 is 0 Å². The van der Waals surface area contributed by atoms with Crippen LogP contribution in [0, 0.1) is 0 Å². The van der Waals surface area contributed by atoms with Gasteiger partial charge < -0.3 is 24.5 Å². The van der Waals surface area contributed by atoms with Crippen LogP contribution in [0.25, 0.3) is 22.3 Å². The topological polar surface area (TPSA) is 137 Å². The smallest absolute Gasteiger partial charge is 0.355 e. The van der Waals surface area contributed by atoms with Crippen LogP contribution in [-0.4, -0.2) is 39.0 Å². The number of benzene rings is 1. The van der Waals surface area contributed by atoms with Crippen LogP contribution in [0.4, 0.5) is 0 Å². The van der Waals surface area contributed by atoms with Crippen molar-refractivity contribution in [1.29, 1.82) is 0 Å². The molecule has 2 aliphatic heterocycles. The molecule has 2 atom stereocenters. The van der Waals surface area contributed by atoms with E-state index in [4.69, 9.17) is 14.5 Å². The predicted molar refractivity (Wildman–Crippen MR) is 128 cm³/mol. The van der Waals surface area contributed by atoms with Gasteiger partial charge in [0.05, 0.1) is 29.0 Å². The Bertz CT molecular complexity index is 1510. The number of ether oxygens (including phenoxy) is 2. The normalized spacial score (nSPS) is 18.6. The van der Waals surface area contributed by atoms with Crippen molar-refractivity contribution in [3.8, 4) is 17.1 Å². The number of carbonyl (C=O) groups excluding carboxylic acids is 3. The first-order chi connectivity index (χ1) is 17.2. The lowest BCUT2D eigenvalue weighted by atomic mass is 9.85. The number of rotatable bonds is 6. The van der Waals surface area contributed by atoms with Crippen molar-refractivity contribution < 1.29 is 29.0 Å². The number of phenolic OH excluding ortho intramolecular Hbond substituents is 1. The van der Waals surface area contributed by atoms with Gasteiger partial charge in [-0.05, 0) is 49.6 Å². The number of cyclic esters (lactones) is 1. The summed E-state index contributed by atoms with van der Waals surface area (Å²) in [6, 6.07) is 5.64. The van der Waals surface area contributed by atoms with Crippen LogP contribution in [0.2, 0.25) is 0 Å². The Labute approximate surface area is 205 Å². The summed E-state index contributed by atoms with van der Waals surface area (Å²) < 4.78 is 12.6. The van der Waals surface area contributed by atoms with E-state index in [0.717, 1.165) is 16.5 Å². The molecule has 1 aromatic carbocycles. The number of phenols is 1. The van der Waals surface area contributed by atoms with Gasteiger partial charge >= 0.3 is 11.9 Å². The van der Waals surface area contributed by atoms with Gasteiger partial charge in [0.25, 0.3) is 5.56 Å². The van der Waals surface area contributed by atoms with Gasteiger partial charge in [0.1, 0.15) is 18.4 Å². The number of nitrogens with zero attached hydrogens (tertiary/aromatic N) is 2. The Morgan fingerprint density at radius 1 is 1.31 bits per heavy atom. The molecule has 0 aliphatic carbocycles. The Morgan fingerprint density at radius 3 is 2.78 bits per heavy atom. The molecule has 186 valence electrons. The van der Waals surface area contributed by atoms with Crippen LogP contribution in [-0.2, 0) is 49.0 Å². The number of hydrogen-bond acceptors (Lipinski definition) is 8. The van der Waals surface area contributed by atoms with Gasteiger partial charge in [-0.1, -0.05) is 13.8 Å². The summed E-state index contributed by atoms with van der Waals surface area (Å²) in [7, 11) is 0. The summed E-state index contributed by atoms with van der Waals surface area (Å²) >= 11 is 0. The number of pyridine rings is 2. The maximum atomic E-state index is 13.7. The maximum Gasteiger partial charge on any atom is 0.355 e. The fraction of sp³-hybridized carbons (Fsp3) is 0.346. The van der Waals surface area contributed by atoms with Crippen molar-refractivity contribution in [3.63, 3.8) is 0 Å². The number of nitrogens with one attached hydrogen (secondary N) is 1. The Hall–Kier alpha value is -4.21. The van der Waals surface area contributed by atoms with E-state index in [-0.39, 0.29) is 42.0 Å². The van der Waals surface area contributed by atoms with E-state index in [1.807, 2.05) is 6.92 Å². The zero-order chi connectivity index (χ0) is 25.8. The molecule has 2 aliphatic rings. The zero-order valence-corrected chi connectivity index (χ0v) is 20.1. The Balaban J connectivity index is 1.73. The van der Waals surface area contributed by atoms with E-state index < -0.39 is 23.6 Å². The first-order valence-electron chi connectivity index (χ1n) is 11.8. The second-order valence-corrected chi connectivity index (χ2v) is 8.97. The molecule has 5 rings (SSSR count). The number of aryl methyl sites for hydroxylation is 1. The molecule has 2 unspecified atom stereocenters. The minimum atomic E-state index is -1.84. The second-order valence-electron chi connectivity index (χ2n) is 8.97. The summed E-state index contributed by atoms with van der Waals surface area (Å²) in [6.45, 7) is 5.13. The minimum absolute atomic E-state index is 0.0266. The van der Waals surface area contributed by atoms with Gasteiger partial charge in [0, 0.05) is 16.5 Å². The number of aromatic nitrogens is 2. The highest BCUT2D eigenvalue weighted by Gasteiger charge is 2.51. The van der Waals surface area contributed by atoms with Crippen molar-refractivity contribution in [2.45, 2.75) is 58.4 Å². The number of hydrogen-bond donors (Lipinski definition) is 2. The van der Waals surface area contributed by atoms with E-state index in [2.05, 4.69) is 5.32 Å². The van der Waals surface area contributed by atoms with Crippen molar-refractivity contribution >= 4 is 29.3 Å². The van der Waals surface area contributed by atoms with Gasteiger partial charge in [0.2, 0.25) is 12.0 Å². The highest BCUT2D eigenvalue weighted by atomic mass is 16.6. The quantitative estimate of drug-likeness (QED) is 0.309. The van der Waals surface area contributed by atoms with Gasteiger partial charge in [0.15, 0.2) is 0 Å². The van der Waals surface area contributed by atoms with Crippen molar-refractivity contribution in [1.82, 2.24) is 14.9 Å². The van der Waals surface area contributed by atoms with Gasteiger partial charge in [-0.25, -0.2) is 14.6 Å². The highest BCUT2D eigenvalue weighted by molar-refractivity contribution is 5.91. The molecule has 10 nitrogen and oxygen atoms in total. The second kappa shape index (κ2) is 8.47. The van der Waals surface area contributed by atoms with E-state index >= 15 is 0 Å². The standard InChI is InChI=1S/C26H25N3O7/c1-4-15-16-8-14(31)6-7-20(16)28-22-17(15)10-29-21(22)9-19-18(23(29)32)11-35-25(34)26(19,5-2)36-24(33)13(3)27-12-30/h6-9,12-13,31H,4-5,10-11H2,1-3H3,(H,27,30). The van der Waals surface area contributed by atoms with Crippen molar-refractivity contribution in [2.75, 3.05) is 0 Å². The van der Waals surface area contributed by atoms with Crippen LogP contribution in [0.3, 0.4) is 0 Å². The van der Waals surface area contributed by atoms with Gasteiger partial charge in [-0.3, -0.25) is 9.59 Å². The fourth-order valence-electron chi connectivity index (χ4n) is 5.14. The average Bonchev–Trinajstić information content (AvgIpc) is 3.23. The molecule has 10 heteroatoms. The highest BCUT2D eigenvalue weighted by Crippen LogP contribution is 2.42. The average molecular weight is 492 g/mol. The molecule has 3 aromatic rings. The molecule has 2 N–H and O–H groups in total. The van der Waals surface area contributed by atoms with Crippen LogP contribution in [0.5, 0.6) is 5.75 Å². The summed E-state index contributed by atoms with van der Waals surface area (Å²) in [4.78, 5) is 55.0. The fourth-order valence-corrected chi connectivity index (χ4v) is 5.14. The molecular weight excluding hydrogens is 466 g/mol. The number of aromatic hydroxyl groups is 1. The number of amides is 1. The lowest BCUT2D eigenvalue weighted by Gasteiger charge is -2.36. The lowest BCUT2D eigenvalue weighted by molar-refractivity contribution is -0.190. The third-order valence-electron chi connectivity index (χ3n) is 7.06. The first kappa shape index (κ1) is 23.5. The van der Waals surface area contributed by atoms with E-state index in [0.29, 0.717) is 29.7 Å². The van der Waals surface area contributed by atoms with Crippen molar-refractivity contribution in [3.05, 3.63) is 56.9 Å². The molecule has 0 bridgehead atoms. The molecule has 0 fully saturated rings. The lowest BCUT2D eigenvalue weighted by Crippen LogP contribution is -2.50. The first-order valence-corrected chi connectivity index (χ1v) is 11.8. The van der Waals surface area contributed by atoms with Crippen LogP contribution in [0.15, 0.2) is 29.1 Å². The molecule has 0 saturated carbocycles. The van der Waals surface area contributed by atoms with Crippen LogP contribution < -0.4 is 10.9 Å².